The number of hydrogen-bond donors (Lipinski definition) is 2. The molecular formula is C13H12O4. The molecule has 2 aromatic carbocycles. The standard InChI is InChI=1S/C13H12O4/c1-17-10-7-6-8-4-2-3-5-9(8)11(10)12(14)13(15)16/h2-7,12,14H,1H3,(H,15,16)/t12-/m1/s1. The van der Waals surface area contributed by atoms with Crippen LogP contribution in [-0.4, -0.2) is 23.3 Å². The zero-order valence-corrected chi connectivity index (χ0v) is 9.25. The van der Waals surface area contributed by atoms with Crippen LogP contribution in [0.5, 0.6) is 5.75 Å². The molecule has 0 saturated heterocycles. The van der Waals surface area contributed by atoms with E-state index in [4.69, 9.17) is 9.84 Å². The first-order valence-electron chi connectivity index (χ1n) is 5.11. The molecule has 1 atom stereocenters. The van der Waals surface area contributed by atoms with Gasteiger partial charge in [-0.3, -0.25) is 0 Å². The summed E-state index contributed by atoms with van der Waals surface area (Å²) in [5.41, 5.74) is 0.290. The van der Waals surface area contributed by atoms with Gasteiger partial charge in [0, 0.05) is 5.56 Å². The zero-order valence-electron chi connectivity index (χ0n) is 9.25. The molecule has 2 N–H and O–H groups in total. The topological polar surface area (TPSA) is 66.8 Å². The van der Waals surface area contributed by atoms with Gasteiger partial charge in [0.2, 0.25) is 0 Å². The Morgan fingerprint density at radius 3 is 2.59 bits per heavy atom. The summed E-state index contributed by atoms with van der Waals surface area (Å²) in [6, 6.07) is 10.7. The van der Waals surface area contributed by atoms with Crippen LogP contribution in [0.4, 0.5) is 0 Å². The molecule has 0 aromatic heterocycles. The Labute approximate surface area is 98.1 Å². The van der Waals surface area contributed by atoms with E-state index in [0.29, 0.717) is 11.1 Å². The maximum absolute atomic E-state index is 10.9. The summed E-state index contributed by atoms with van der Waals surface area (Å²) < 4.78 is 5.10. The molecule has 0 aliphatic heterocycles. The highest BCUT2D eigenvalue weighted by Gasteiger charge is 2.22. The molecule has 88 valence electrons. The Kier molecular flexibility index (Phi) is 2.97. The summed E-state index contributed by atoms with van der Waals surface area (Å²) in [6.45, 7) is 0. The minimum atomic E-state index is -1.59. The molecule has 2 aromatic rings. The van der Waals surface area contributed by atoms with Crippen molar-refractivity contribution in [1.82, 2.24) is 0 Å². The lowest BCUT2D eigenvalue weighted by Gasteiger charge is -2.14. The Balaban J connectivity index is 2.75. The maximum atomic E-state index is 10.9. The molecule has 0 bridgehead atoms. The van der Waals surface area contributed by atoms with E-state index in [0.717, 1.165) is 5.39 Å². The molecule has 0 saturated carbocycles. The van der Waals surface area contributed by atoms with E-state index in [2.05, 4.69) is 0 Å². The van der Waals surface area contributed by atoms with Gasteiger partial charge < -0.3 is 14.9 Å². The van der Waals surface area contributed by atoms with Gasteiger partial charge in [0.05, 0.1) is 7.11 Å². The number of carbonyl (C=O) groups is 1. The van der Waals surface area contributed by atoms with Crippen LogP contribution in [0.1, 0.15) is 11.7 Å². The lowest BCUT2D eigenvalue weighted by atomic mass is 9.99. The van der Waals surface area contributed by atoms with Crippen LogP contribution in [0.2, 0.25) is 0 Å². The lowest BCUT2D eigenvalue weighted by molar-refractivity contribution is -0.146. The number of aliphatic hydroxyl groups is 1. The molecule has 0 spiro atoms. The van der Waals surface area contributed by atoms with Crippen LogP contribution in [0.15, 0.2) is 36.4 Å². The summed E-state index contributed by atoms with van der Waals surface area (Å²) in [4.78, 5) is 10.9. The first-order chi connectivity index (χ1) is 8.15. The van der Waals surface area contributed by atoms with Crippen molar-refractivity contribution in [2.75, 3.05) is 7.11 Å². The van der Waals surface area contributed by atoms with Crippen LogP contribution in [0, 0.1) is 0 Å². The summed E-state index contributed by atoms with van der Waals surface area (Å²) in [5, 5.41) is 20.2. The van der Waals surface area contributed by atoms with Gasteiger partial charge in [0.15, 0.2) is 6.10 Å². The van der Waals surface area contributed by atoms with Gasteiger partial charge in [0.25, 0.3) is 0 Å². The third-order valence-electron chi connectivity index (χ3n) is 2.66. The fourth-order valence-corrected chi connectivity index (χ4v) is 1.86. The number of hydrogen-bond acceptors (Lipinski definition) is 3. The molecule has 0 unspecified atom stereocenters. The highest BCUT2D eigenvalue weighted by molar-refractivity contribution is 5.92. The van der Waals surface area contributed by atoms with Crippen LogP contribution >= 0.6 is 0 Å². The molecule has 0 fully saturated rings. The highest BCUT2D eigenvalue weighted by Crippen LogP contribution is 2.33. The minimum Gasteiger partial charge on any atom is -0.496 e. The minimum absolute atomic E-state index is 0.290. The van der Waals surface area contributed by atoms with E-state index < -0.39 is 12.1 Å². The van der Waals surface area contributed by atoms with E-state index in [9.17, 15) is 9.90 Å². The lowest BCUT2D eigenvalue weighted by Crippen LogP contribution is -2.12. The van der Waals surface area contributed by atoms with Crippen molar-refractivity contribution in [3.05, 3.63) is 42.0 Å². The van der Waals surface area contributed by atoms with Crippen molar-refractivity contribution in [3.63, 3.8) is 0 Å². The molecule has 17 heavy (non-hydrogen) atoms. The summed E-state index contributed by atoms with van der Waals surface area (Å²) >= 11 is 0. The molecular weight excluding hydrogens is 220 g/mol. The Morgan fingerprint density at radius 1 is 1.24 bits per heavy atom. The monoisotopic (exact) mass is 232 g/mol. The van der Waals surface area contributed by atoms with Crippen molar-refractivity contribution < 1.29 is 19.7 Å². The molecule has 0 radical (unpaired) electrons. The largest absolute Gasteiger partial charge is 0.496 e. The fraction of sp³-hybridized carbons (Fsp3) is 0.154. The second kappa shape index (κ2) is 4.43. The number of carboxylic acids is 1. The van der Waals surface area contributed by atoms with Crippen molar-refractivity contribution in [1.29, 1.82) is 0 Å². The van der Waals surface area contributed by atoms with Gasteiger partial charge in [-0.1, -0.05) is 30.3 Å². The second-order valence-electron chi connectivity index (χ2n) is 3.64. The predicted molar refractivity (Wildman–Crippen MR) is 63.1 cm³/mol. The van der Waals surface area contributed by atoms with Gasteiger partial charge in [-0.15, -0.1) is 0 Å². The van der Waals surface area contributed by atoms with Crippen LogP contribution in [0.25, 0.3) is 10.8 Å². The van der Waals surface area contributed by atoms with Gasteiger partial charge >= 0.3 is 5.97 Å². The summed E-state index contributed by atoms with van der Waals surface area (Å²) in [5.74, 6) is -0.918. The molecule has 0 aliphatic rings. The van der Waals surface area contributed by atoms with Gasteiger partial charge in [-0.25, -0.2) is 4.79 Å². The average Bonchev–Trinajstić information content (AvgIpc) is 2.36. The molecule has 4 heteroatoms. The fourth-order valence-electron chi connectivity index (χ4n) is 1.86. The van der Waals surface area contributed by atoms with Crippen LogP contribution in [0.3, 0.4) is 0 Å². The first-order valence-corrected chi connectivity index (χ1v) is 5.11. The predicted octanol–water partition coefficient (Wildman–Crippen LogP) is 1.97. The van der Waals surface area contributed by atoms with Crippen molar-refractivity contribution in [2.24, 2.45) is 0 Å². The Morgan fingerprint density at radius 2 is 1.94 bits per heavy atom. The molecule has 0 heterocycles. The maximum Gasteiger partial charge on any atom is 0.337 e. The molecule has 0 amide bonds. The highest BCUT2D eigenvalue weighted by atomic mass is 16.5. The first kappa shape index (κ1) is 11.4. The van der Waals surface area contributed by atoms with Crippen LogP contribution in [-0.2, 0) is 4.79 Å². The second-order valence-corrected chi connectivity index (χ2v) is 3.64. The summed E-state index contributed by atoms with van der Waals surface area (Å²) in [6.07, 6.45) is -1.59. The molecule has 4 nitrogen and oxygen atoms in total. The van der Waals surface area contributed by atoms with Gasteiger partial charge in [-0.05, 0) is 16.8 Å². The third kappa shape index (κ3) is 1.94. The molecule has 2 rings (SSSR count). The Hall–Kier alpha value is -2.07. The zero-order chi connectivity index (χ0) is 12.4. The van der Waals surface area contributed by atoms with Crippen LogP contribution < -0.4 is 4.74 Å². The summed E-state index contributed by atoms with van der Waals surface area (Å²) in [7, 11) is 1.45. The van der Waals surface area contributed by atoms with E-state index >= 15 is 0 Å². The molecule has 0 aliphatic carbocycles. The number of ether oxygens (including phenoxy) is 1. The number of benzene rings is 2. The number of fused-ring (bicyclic) bond motifs is 1. The van der Waals surface area contributed by atoms with E-state index in [1.807, 2.05) is 18.2 Å². The van der Waals surface area contributed by atoms with Gasteiger partial charge in [0.1, 0.15) is 5.75 Å². The van der Waals surface area contributed by atoms with Crippen molar-refractivity contribution >= 4 is 16.7 Å². The van der Waals surface area contributed by atoms with Crippen molar-refractivity contribution in [2.45, 2.75) is 6.10 Å². The van der Waals surface area contributed by atoms with E-state index in [1.54, 1.807) is 18.2 Å². The smallest absolute Gasteiger partial charge is 0.337 e. The number of aliphatic hydroxyl groups excluding tert-OH is 1. The number of methoxy groups -OCH3 is 1. The van der Waals surface area contributed by atoms with E-state index in [1.165, 1.54) is 7.11 Å². The van der Waals surface area contributed by atoms with Crippen molar-refractivity contribution in [3.8, 4) is 5.75 Å². The number of aliphatic carboxylic acids is 1. The average molecular weight is 232 g/mol. The Bertz CT molecular complexity index is 562. The number of carboxylic acid groups (broad SMARTS) is 1. The number of rotatable bonds is 3. The van der Waals surface area contributed by atoms with Gasteiger partial charge in [-0.2, -0.15) is 0 Å². The van der Waals surface area contributed by atoms with E-state index in [-0.39, 0.29) is 5.56 Å². The quantitative estimate of drug-likeness (QED) is 0.849. The normalized spacial score (nSPS) is 12.4. The third-order valence-corrected chi connectivity index (χ3v) is 2.66. The SMILES string of the molecule is COc1ccc2ccccc2c1[C@@H](O)C(=O)O.